The lowest BCUT2D eigenvalue weighted by Gasteiger charge is -2.25. The van der Waals surface area contributed by atoms with E-state index < -0.39 is 41.5 Å². The number of nitrogens with zero attached hydrogens (tertiary/aromatic N) is 5. The molecule has 5 aromatic rings. The van der Waals surface area contributed by atoms with Gasteiger partial charge >= 0.3 is 18.1 Å². The molecule has 12 nitrogen and oxygen atoms in total. The molecule has 0 radical (unpaired) electrons. The van der Waals surface area contributed by atoms with E-state index in [4.69, 9.17) is 14.5 Å². The first-order valence-electron chi connectivity index (χ1n) is 14.5. The number of hydrogen-bond donors (Lipinski definition) is 2. The Balaban J connectivity index is 1.22. The van der Waals surface area contributed by atoms with Gasteiger partial charge in [0.2, 0.25) is 5.69 Å². The smallest absolute Gasteiger partial charge is 0.538 e. The van der Waals surface area contributed by atoms with E-state index in [0.717, 1.165) is 42.6 Å². The van der Waals surface area contributed by atoms with E-state index in [1.807, 2.05) is 12.1 Å². The topological polar surface area (TPSA) is 168 Å². The number of carbonyl (C=O) groups excluding carboxylic acids is 2. The lowest BCUT2D eigenvalue weighted by atomic mass is 9.95. The fourth-order valence-electron chi connectivity index (χ4n) is 5.85. The molecule has 1 saturated carbocycles. The Morgan fingerprint density at radius 1 is 1.07 bits per heavy atom. The first-order chi connectivity index (χ1) is 22.0. The number of carboxylic acids is 1. The minimum Gasteiger partial charge on any atom is -0.563 e. The van der Waals surface area contributed by atoms with Gasteiger partial charge in [-0.25, -0.2) is 14.5 Å². The maximum Gasteiger partial charge on any atom is 0.538 e. The predicted molar refractivity (Wildman–Crippen MR) is 156 cm³/mol. The summed E-state index contributed by atoms with van der Waals surface area (Å²) in [6, 6.07) is 11.4. The standard InChI is InChI=1S/C31H27F3N6O6/c32-31(33,34)26-25(30(44)45)40(38-37-26)21-9-6-17(7-10-21)14-23(29(42)43)36-28(41)18-8-11-24-22(15-18)35-27(19-12-13-46-16-19)39(24)20-4-2-1-3-5-20/h6-13,15-16,20,23H,1-5,14H2,(H,36,41)(H,42,43)(H,44,45)/p+1/t23-/m0/s1. The van der Waals surface area contributed by atoms with Crippen LogP contribution >= 0.6 is 0 Å². The van der Waals surface area contributed by atoms with Gasteiger partial charge in [-0.2, -0.15) is 13.2 Å². The summed E-state index contributed by atoms with van der Waals surface area (Å²) in [4.78, 5) is 41.9. The molecular formula is C31H28F3N6O6+. The summed E-state index contributed by atoms with van der Waals surface area (Å²) in [6.07, 6.45) is 3.53. The van der Waals surface area contributed by atoms with Gasteiger partial charge < -0.3 is 24.5 Å². The van der Waals surface area contributed by atoms with Gasteiger partial charge in [-0.05, 0) is 54.8 Å². The van der Waals surface area contributed by atoms with Gasteiger partial charge in [-0.1, -0.05) is 36.6 Å². The molecule has 3 heterocycles. The Morgan fingerprint density at radius 3 is 2.43 bits per heavy atom. The summed E-state index contributed by atoms with van der Waals surface area (Å²) in [5.74, 6) is -2.76. The van der Waals surface area contributed by atoms with Gasteiger partial charge in [-0.3, -0.25) is 4.79 Å². The van der Waals surface area contributed by atoms with Gasteiger partial charge in [0.1, 0.15) is 12.1 Å². The van der Waals surface area contributed by atoms with E-state index in [1.54, 1.807) is 24.7 Å². The molecule has 1 aliphatic carbocycles. The Morgan fingerprint density at radius 2 is 1.80 bits per heavy atom. The van der Waals surface area contributed by atoms with Crippen LogP contribution in [0.15, 0.2) is 65.5 Å². The molecule has 0 spiro atoms. The van der Waals surface area contributed by atoms with Gasteiger partial charge in [0.15, 0.2) is 11.7 Å². The summed E-state index contributed by atoms with van der Waals surface area (Å²) >= 11 is 0. The van der Waals surface area contributed by atoms with Crippen LogP contribution in [0, 0.1) is 0 Å². The molecule has 238 valence electrons. The number of fused-ring (bicyclic) bond motifs is 1. The number of aromatic carboxylic acids is 1. The molecule has 46 heavy (non-hydrogen) atoms. The number of imidazole rings is 1. The highest BCUT2D eigenvalue weighted by Crippen LogP contribution is 2.36. The second-order valence-electron chi connectivity index (χ2n) is 11.1. The second-order valence-corrected chi connectivity index (χ2v) is 11.1. The SMILES string of the molecule is O=C(N[C@@H](Cc1ccc(-n2nnc(C(F)(F)F)c2C(=O)O)cc1)C(=O)[OH2+])c1ccc2c(c1)nc(-c1ccoc1)n2C1CCCCC1. The Kier molecular flexibility index (Phi) is 8.06. The molecule has 3 aromatic heterocycles. The Labute approximate surface area is 258 Å². The van der Waals surface area contributed by atoms with Crippen LogP contribution in [-0.4, -0.2) is 58.6 Å². The number of alkyl halides is 3. The first-order valence-corrected chi connectivity index (χ1v) is 14.5. The van der Waals surface area contributed by atoms with E-state index in [-0.39, 0.29) is 23.7 Å². The largest absolute Gasteiger partial charge is 0.563 e. The summed E-state index contributed by atoms with van der Waals surface area (Å²) < 4.78 is 47.7. The zero-order valence-corrected chi connectivity index (χ0v) is 24.1. The minimum absolute atomic E-state index is 0.0160. The van der Waals surface area contributed by atoms with Crippen LogP contribution in [0.3, 0.4) is 0 Å². The number of halogens is 3. The van der Waals surface area contributed by atoms with Crippen molar-refractivity contribution in [2.75, 3.05) is 0 Å². The fraction of sp³-hybridized carbons (Fsp3) is 0.290. The van der Waals surface area contributed by atoms with Crippen LogP contribution in [0.2, 0.25) is 0 Å². The number of amides is 1. The number of carbonyl (C=O) groups is 3. The van der Waals surface area contributed by atoms with Crippen LogP contribution in [0.5, 0.6) is 0 Å². The van der Waals surface area contributed by atoms with Crippen LogP contribution in [0.25, 0.3) is 28.1 Å². The monoisotopic (exact) mass is 637 g/mol. The molecule has 1 amide bonds. The number of benzene rings is 2. The molecule has 0 unspecified atom stereocenters. The van der Waals surface area contributed by atoms with Crippen molar-refractivity contribution in [1.29, 1.82) is 0 Å². The highest BCUT2D eigenvalue weighted by Gasteiger charge is 2.41. The van der Waals surface area contributed by atoms with Crippen LogP contribution in [0.1, 0.15) is 70.2 Å². The molecule has 15 heteroatoms. The number of carboxylic acid groups (broad SMARTS) is 1. The molecule has 2 aromatic carbocycles. The highest BCUT2D eigenvalue weighted by molar-refractivity contribution is 5.99. The van der Waals surface area contributed by atoms with Gasteiger partial charge in [0, 0.05) is 22.8 Å². The molecule has 4 N–H and O–H groups in total. The number of rotatable bonds is 9. The van der Waals surface area contributed by atoms with E-state index in [0.29, 0.717) is 15.8 Å². The molecule has 1 atom stereocenters. The van der Waals surface area contributed by atoms with E-state index in [1.165, 1.54) is 30.7 Å². The average molecular weight is 638 g/mol. The predicted octanol–water partition coefficient (Wildman–Crippen LogP) is 4.69. The molecule has 0 saturated heterocycles. The fourth-order valence-corrected chi connectivity index (χ4v) is 5.85. The van der Waals surface area contributed by atoms with Crippen molar-refractivity contribution in [1.82, 2.24) is 29.9 Å². The third kappa shape index (κ3) is 5.95. The second kappa shape index (κ2) is 12.1. The van der Waals surface area contributed by atoms with Crippen molar-refractivity contribution < 1.29 is 42.2 Å². The van der Waals surface area contributed by atoms with E-state index in [2.05, 4.69) is 20.2 Å². The summed E-state index contributed by atoms with van der Waals surface area (Å²) in [6.45, 7) is 0. The van der Waals surface area contributed by atoms with Gasteiger partial charge in [0.25, 0.3) is 5.91 Å². The maximum absolute atomic E-state index is 13.3. The van der Waals surface area contributed by atoms with Crippen LogP contribution in [0.4, 0.5) is 13.2 Å². The van der Waals surface area contributed by atoms with Crippen LogP contribution in [-0.2, 0) is 17.4 Å². The highest BCUT2D eigenvalue weighted by atomic mass is 19.4. The van der Waals surface area contributed by atoms with E-state index >= 15 is 0 Å². The first kappa shape index (κ1) is 30.6. The maximum atomic E-state index is 13.3. The molecule has 1 aliphatic rings. The number of hydrogen-bond acceptors (Lipinski definition) is 7. The van der Waals surface area contributed by atoms with Crippen molar-refractivity contribution in [3.63, 3.8) is 0 Å². The minimum atomic E-state index is -5.02. The van der Waals surface area contributed by atoms with E-state index in [9.17, 15) is 32.7 Å². The average Bonchev–Trinajstić information content (AvgIpc) is 3.79. The van der Waals surface area contributed by atoms with Crippen molar-refractivity contribution in [2.24, 2.45) is 0 Å². The summed E-state index contributed by atoms with van der Waals surface area (Å²) in [5.41, 5.74) is 0.186. The van der Waals surface area contributed by atoms with Crippen molar-refractivity contribution in [3.05, 3.63) is 83.6 Å². The van der Waals surface area contributed by atoms with Gasteiger partial charge in [0.05, 0.1) is 28.5 Å². The van der Waals surface area contributed by atoms with Crippen molar-refractivity contribution >= 4 is 28.9 Å². The van der Waals surface area contributed by atoms with Crippen LogP contribution < -0.4 is 5.32 Å². The van der Waals surface area contributed by atoms with Crippen molar-refractivity contribution in [2.45, 2.75) is 56.8 Å². The quantitative estimate of drug-likeness (QED) is 0.220. The number of furan rings is 1. The lowest BCUT2D eigenvalue weighted by molar-refractivity contribution is -0.142. The molecule has 6 rings (SSSR count). The number of aromatic nitrogens is 5. The third-order valence-electron chi connectivity index (χ3n) is 8.05. The lowest BCUT2D eigenvalue weighted by Crippen LogP contribution is -2.42. The molecule has 0 bridgehead atoms. The Bertz CT molecular complexity index is 1910. The summed E-state index contributed by atoms with van der Waals surface area (Å²) in [7, 11) is 0. The molecular weight excluding hydrogens is 609 g/mol. The zero-order chi connectivity index (χ0) is 32.6. The number of nitrogens with one attached hydrogen (secondary N) is 1. The third-order valence-corrected chi connectivity index (χ3v) is 8.05. The zero-order valence-electron chi connectivity index (χ0n) is 24.1. The molecule has 1 fully saturated rings. The summed E-state index contributed by atoms with van der Waals surface area (Å²) in [5, 5.41) is 26.0. The van der Waals surface area contributed by atoms with Gasteiger partial charge in [-0.15, -0.1) is 5.10 Å². The molecule has 0 aliphatic heterocycles. The van der Waals surface area contributed by atoms with Crippen molar-refractivity contribution in [3.8, 4) is 17.1 Å². The Hall–Kier alpha value is -5.47. The normalized spacial score (nSPS) is 14.8.